The molecular weight excluding hydrogens is 284 g/mol. The molecule has 0 atom stereocenters. The first-order valence-corrected chi connectivity index (χ1v) is 7.54. The van der Waals surface area contributed by atoms with Gasteiger partial charge in [-0.3, -0.25) is 4.57 Å². The fraction of sp³-hybridized carbons (Fsp3) is 0.235. The summed E-state index contributed by atoms with van der Waals surface area (Å²) in [5.74, 6) is 1.98. The van der Waals surface area contributed by atoms with Crippen LogP contribution in [0.5, 0.6) is 5.75 Å². The Balaban J connectivity index is 2.32. The van der Waals surface area contributed by atoms with Gasteiger partial charge in [-0.25, -0.2) is 4.98 Å². The van der Waals surface area contributed by atoms with Crippen LogP contribution in [-0.4, -0.2) is 16.2 Å². The summed E-state index contributed by atoms with van der Waals surface area (Å²) in [7, 11) is 0. The molecule has 0 bridgehead atoms. The second-order valence-corrected chi connectivity index (χ2v) is 5.11. The van der Waals surface area contributed by atoms with Crippen molar-refractivity contribution in [2.24, 2.45) is 0 Å². The minimum absolute atomic E-state index is 0.356. The van der Waals surface area contributed by atoms with Crippen LogP contribution < -0.4 is 4.74 Å². The molecule has 4 heteroatoms. The summed E-state index contributed by atoms with van der Waals surface area (Å²) in [6.07, 6.45) is 0. The zero-order valence-electron chi connectivity index (χ0n) is 12.1. The van der Waals surface area contributed by atoms with Crippen molar-refractivity contribution in [2.45, 2.75) is 19.7 Å². The Morgan fingerprint density at radius 3 is 2.67 bits per heavy atom. The highest BCUT2D eigenvalue weighted by atomic mass is 35.5. The van der Waals surface area contributed by atoms with Gasteiger partial charge < -0.3 is 4.74 Å². The van der Waals surface area contributed by atoms with E-state index in [9.17, 15) is 0 Å². The lowest BCUT2D eigenvalue weighted by atomic mass is 10.2. The maximum atomic E-state index is 6.11. The molecule has 0 fully saturated rings. The lowest BCUT2D eigenvalue weighted by Gasteiger charge is -2.11. The van der Waals surface area contributed by atoms with E-state index in [1.807, 2.05) is 37.3 Å². The van der Waals surface area contributed by atoms with Crippen molar-refractivity contribution in [2.75, 3.05) is 6.61 Å². The topological polar surface area (TPSA) is 27.1 Å². The molecule has 0 aliphatic heterocycles. The van der Waals surface area contributed by atoms with Crippen LogP contribution in [0.3, 0.4) is 0 Å². The number of alkyl halides is 1. The summed E-state index contributed by atoms with van der Waals surface area (Å²) in [5.41, 5.74) is 4.17. The van der Waals surface area contributed by atoms with E-state index in [1.54, 1.807) is 0 Å². The van der Waals surface area contributed by atoms with Gasteiger partial charge in [0.2, 0.25) is 0 Å². The molecule has 0 radical (unpaired) electrons. The maximum Gasteiger partial charge on any atom is 0.147 e. The van der Waals surface area contributed by atoms with Gasteiger partial charge in [-0.05, 0) is 37.6 Å². The molecule has 0 saturated heterocycles. The maximum absolute atomic E-state index is 6.11. The van der Waals surface area contributed by atoms with Crippen molar-refractivity contribution in [3.63, 3.8) is 0 Å². The standard InChI is InChI=1S/C17H17ClN2O/c1-3-21-15-10-6-9-14-17(15)19-16(11-18)20(14)13-8-5-4-7-12(13)2/h4-10H,3,11H2,1-2H3. The number of aromatic nitrogens is 2. The number of aryl methyl sites for hydroxylation is 1. The second kappa shape index (κ2) is 5.78. The Labute approximate surface area is 129 Å². The highest BCUT2D eigenvalue weighted by Crippen LogP contribution is 2.30. The quantitative estimate of drug-likeness (QED) is 0.665. The molecule has 21 heavy (non-hydrogen) atoms. The van der Waals surface area contributed by atoms with E-state index < -0.39 is 0 Å². The molecule has 108 valence electrons. The molecule has 0 aliphatic rings. The van der Waals surface area contributed by atoms with Gasteiger partial charge in [-0.15, -0.1) is 11.6 Å². The molecule has 1 aromatic heterocycles. The predicted octanol–water partition coefficient (Wildman–Crippen LogP) is 4.47. The zero-order chi connectivity index (χ0) is 14.8. The molecule has 0 unspecified atom stereocenters. The molecule has 2 aromatic carbocycles. The van der Waals surface area contributed by atoms with Crippen molar-refractivity contribution in [1.29, 1.82) is 0 Å². The van der Waals surface area contributed by atoms with Gasteiger partial charge in [-0.1, -0.05) is 24.3 Å². The van der Waals surface area contributed by atoms with Crippen LogP contribution in [-0.2, 0) is 5.88 Å². The van der Waals surface area contributed by atoms with E-state index in [0.717, 1.165) is 28.3 Å². The summed E-state index contributed by atoms with van der Waals surface area (Å²) in [4.78, 5) is 4.67. The van der Waals surface area contributed by atoms with Crippen LogP contribution >= 0.6 is 11.6 Å². The molecule has 3 nitrogen and oxygen atoms in total. The highest BCUT2D eigenvalue weighted by Gasteiger charge is 2.15. The second-order valence-electron chi connectivity index (χ2n) is 4.84. The molecule has 3 aromatic rings. The predicted molar refractivity (Wildman–Crippen MR) is 86.5 cm³/mol. The van der Waals surface area contributed by atoms with E-state index in [2.05, 4.69) is 28.6 Å². The average molecular weight is 301 g/mol. The number of rotatable bonds is 4. The number of hydrogen-bond acceptors (Lipinski definition) is 2. The third kappa shape index (κ3) is 2.38. The van der Waals surface area contributed by atoms with Gasteiger partial charge in [0.1, 0.15) is 17.1 Å². The first-order chi connectivity index (χ1) is 10.3. The molecule has 0 amide bonds. The first kappa shape index (κ1) is 14.0. The molecule has 0 saturated carbocycles. The van der Waals surface area contributed by atoms with Gasteiger partial charge in [0.25, 0.3) is 0 Å². The van der Waals surface area contributed by atoms with Crippen LogP contribution in [0.2, 0.25) is 0 Å². The largest absolute Gasteiger partial charge is 0.492 e. The van der Waals surface area contributed by atoms with Crippen molar-refractivity contribution >= 4 is 22.6 Å². The number of ether oxygens (including phenoxy) is 1. The third-order valence-electron chi connectivity index (χ3n) is 3.49. The fourth-order valence-corrected chi connectivity index (χ4v) is 2.75. The number of nitrogens with zero attached hydrogens (tertiary/aromatic N) is 2. The molecule has 0 N–H and O–H groups in total. The van der Waals surface area contributed by atoms with Crippen molar-refractivity contribution in [3.8, 4) is 11.4 Å². The van der Waals surface area contributed by atoms with Crippen LogP contribution in [0, 0.1) is 6.92 Å². The summed E-state index contributed by atoms with van der Waals surface area (Å²) in [6, 6.07) is 14.2. The Morgan fingerprint density at radius 1 is 1.14 bits per heavy atom. The van der Waals surface area contributed by atoms with E-state index in [0.29, 0.717) is 12.5 Å². The average Bonchev–Trinajstić information content (AvgIpc) is 2.88. The molecule has 0 aliphatic carbocycles. The minimum atomic E-state index is 0.356. The lowest BCUT2D eigenvalue weighted by molar-refractivity contribution is 0.343. The number of hydrogen-bond donors (Lipinski definition) is 0. The summed E-state index contributed by atoms with van der Waals surface area (Å²) in [5, 5.41) is 0. The summed E-state index contributed by atoms with van der Waals surface area (Å²) in [6.45, 7) is 4.68. The molecular formula is C17H17ClN2O. The van der Waals surface area contributed by atoms with E-state index >= 15 is 0 Å². The number of halogens is 1. The number of fused-ring (bicyclic) bond motifs is 1. The van der Waals surface area contributed by atoms with Crippen molar-refractivity contribution in [1.82, 2.24) is 9.55 Å². The number of imidazole rings is 1. The van der Waals surface area contributed by atoms with Gasteiger partial charge in [0.05, 0.1) is 23.7 Å². The van der Waals surface area contributed by atoms with Crippen LogP contribution in [0.25, 0.3) is 16.7 Å². The zero-order valence-corrected chi connectivity index (χ0v) is 12.9. The molecule has 0 spiro atoms. The highest BCUT2D eigenvalue weighted by molar-refractivity contribution is 6.17. The van der Waals surface area contributed by atoms with Gasteiger partial charge in [-0.2, -0.15) is 0 Å². The minimum Gasteiger partial charge on any atom is -0.492 e. The number of para-hydroxylation sites is 2. The van der Waals surface area contributed by atoms with Crippen LogP contribution in [0.4, 0.5) is 0 Å². The fourth-order valence-electron chi connectivity index (χ4n) is 2.57. The van der Waals surface area contributed by atoms with Crippen molar-refractivity contribution < 1.29 is 4.74 Å². The third-order valence-corrected chi connectivity index (χ3v) is 3.73. The molecule has 3 rings (SSSR count). The monoisotopic (exact) mass is 300 g/mol. The molecule has 1 heterocycles. The Morgan fingerprint density at radius 2 is 1.95 bits per heavy atom. The smallest absolute Gasteiger partial charge is 0.147 e. The van der Waals surface area contributed by atoms with E-state index in [1.165, 1.54) is 5.56 Å². The summed E-state index contributed by atoms with van der Waals surface area (Å²) >= 11 is 6.11. The Hall–Kier alpha value is -2.00. The van der Waals surface area contributed by atoms with E-state index in [4.69, 9.17) is 16.3 Å². The number of benzene rings is 2. The van der Waals surface area contributed by atoms with Crippen LogP contribution in [0.15, 0.2) is 42.5 Å². The van der Waals surface area contributed by atoms with Gasteiger partial charge in [0, 0.05) is 0 Å². The van der Waals surface area contributed by atoms with E-state index in [-0.39, 0.29) is 0 Å². The Bertz CT molecular complexity index is 780. The normalized spacial score (nSPS) is 11.0. The SMILES string of the molecule is CCOc1cccc2c1nc(CCl)n2-c1ccccc1C. The van der Waals surface area contributed by atoms with Crippen molar-refractivity contribution in [3.05, 3.63) is 53.9 Å². The van der Waals surface area contributed by atoms with Gasteiger partial charge >= 0.3 is 0 Å². The summed E-state index contributed by atoms with van der Waals surface area (Å²) < 4.78 is 7.79. The Kier molecular flexibility index (Phi) is 3.84. The van der Waals surface area contributed by atoms with Crippen LogP contribution in [0.1, 0.15) is 18.3 Å². The first-order valence-electron chi connectivity index (χ1n) is 7.01. The lowest BCUT2D eigenvalue weighted by Crippen LogP contribution is -2.01. The van der Waals surface area contributed by atoms with Gasteiger partial charge in [0.15, 0.2) is 0 Å².